The van der Waals surface area contributed by atoms with Crippen LogP contribution >= 0.6 is 22.9 Å². The van der Waals surface area contributed by atoms with Crippen LogP contribution in [0, 0.1) is 0 Å². The van der Waals surface area contributed by atoms with Crippen molar-refractivity contribution in [2.75, 3.05) is 5.73 Å². The van der Waals surface area contributed by atoms with Gasteiger partial charge in [-0.3, -0.25) is 0 Å². The van der Waals surface area contributed by atoms with Crippen LogP contribution in [0.3, 0.4) is 0 Å². The molecule has 2 rings (SSSR count). The van der Waals surface area contributed by atoms with Crippen molar-refractivity contribution in [3.8, 4) is 0 Å². The lowest BCUT2D eigenvalue weighted by molar-refractivity contribution is 0.890. The van der Waals surface area contributed by atoms with E-state index in [1.807, 2.05) is 6.07 Å². The standard InChI is InChI=1S/C9H10ClN3S/c1-4(2)6-3-5-7(11)12-9(10)13-8(5)14-6/h3-4H,1-2H3,(H2,11,12,13). The number of fused-ring (bicyclic) bond motifs is 1. The van der Waals surface area contributed by atoms with Crippen molar-refractivity contribution in [2.45, 2.75) is 19.8 Å². The number of aromatic nitrogens is 2. The Bertz CT molecular complexity index is 478. The van der Waals surface area contributed by atoms with E-state index in [-0.39, 0.29) is 5.28 Å². The molecule has 0 radical (unpaired) electrons. The molecule has 2 aromatic heterocycles. The highest BCUT2D eigenvalue weighted by Gasteiger charge is 2.10. The molecule has 0 saturated carbocycles. The van der Waals surface area contributed by atoms with Gasteiger partial charge in [0.05, 0.1) is 5.39 Å². The van der Waals surface area contributed by atoms with Crippen molar-refractivity contribution in [2.24, 2.45) is 0 Å². The Balaban J connectivity index is 2.70. The molecule has 0 unspecified atom stereocenters. The highest BCUT2D eigenvalue weighted by Crippen LogP contribution is 2.32. The van der Waals surface area contributed by atoms with E-state index >= 15 is 0 Å². The highest BCUT2D eigenvalue weighted by molar-refractivity contribution is 7.18. The Morgan fingerprint density at radius 1 is 1.43 bits per heavy atom. The first-order valence-corrected chi connectivity index (χ1v) is 5.50. The van der Waals surface area contributed by atoms with Gasteiger partial charge < -0.3 is 5.73 Å². The molecule has 74 valence electrons. The third-order valence-corrected chi connectivity index (χ3v) is 3.48. The summed E-state index contributed by atoms with van der Waals surface area (Å²) < 4.78 is 0. The monoisotopic (exact) mass is 227 g/mol. The number of nitrogens with zero attached hydrogens (tertiary/aromatic N) is 2. The molecule has 2 N–H and O–H groups in total. The normalized spacial score (nSPS) is 11.4. The van der Waals surface area contributed by atoms with Crippen molar-refractivity contribution in [1.29, 1.82) is 0 Å². The molecule has 0 aromatic carbocycles. The van der Waals surface area contributed by atoms with Crippen LogP contribution < -0.4 is 5.73 Å². The maximum atomic E-state index is 5.74. The van der Waals surface area contributed by atoms with Crippen LogP contribution in [0.1, 0.15) is 24.6 Å². The number of rotatable bonds is 1. The zero-order valence-corrected chi connectivity index (χ0v) is 9.49. The first kappa shape index (κ1) is 9.68. The molecule has 2 aromatic rings. The van der Waals surface area contributed by atoms with Gasteiger partial charge in [-0.05, 0) is 23.6 Å². The SMILES string of the molecule is CC(C)c1cc2c(N)nc(Cl)nc2s1. The summed E-state index contributed by atoms with van der Waals surface area (Å²) in [5, 5.41) is 1.12. The summed E-state index contributed by atoms with van der Waals surface area (Å²) in [4.78, 5) is 10.2. The Hall–Kier alpha value is -0.870. The molecule has 0 atom stereocenters. The molecule has 0 aliphatic rings. The third-order valence-electron chi connectivity index (χ3n) is 1.98. The zero-order chi connectivity index (χ0) is 10.3. The van der Waals surface area contributed by atoms with Gasteiger partial charge in [0, 0.05) is 4.88 Å². The van der Waals surface area contributed by atoms with Gasteiger partial charge in [-0.15, -0.1) is 11.3 Å². The average molecular weight is 228 g/mol. The van der Waals surface area contributed by atoms with Crippen LogP contribution in [-0.2, 0) is 0 Å². The van der Waals surface area contributed by atoms with Gasteiger partial charge in [0.1, 0.15) is 10.6 Å². The first-order valence-electron chi connectivity index (χ1n) is 4.30. The van der Waals surface area contributed by atoms with Gasteiger partial charge in [-0.2, -0.15) is 0 Å². The van der Waals surface area contributed by atoms with E-state index < -0.39 is 0 Å². The van der Waals surface area contributed by atoms with Crippen LogP contribution in [0.2, 0.25) is 5.28 Å². The molecule has 14 heavy (non-hydrogen) atoms. The maximum Gasteiger partial charge on any atom is 0.225 e. The van der Waals surface area contributed by atoms with Crippen LogP contribution in [0.25, 0.3) is 10.2 Å². The summed E-state index contributed by atoms with van der Waals surface area (Å²) in [7, 11) is 0. The van der Waals surface area contributed by atoms with E-state index in [1.54, 1.807) is 11.3 Å². The average Bonchev–Trinajstić information content (AvgIpc) is 2.47. The highest BCUT2D eigenvalue weighted by atomic mass is 35.5. The number of nitrogens with two attached hydrogens (primary N) is 1. The lowest BCUT2D eigenvalue weighted by Gasteiger charge is -1.95. The quantitative estimate of drug-likeness (QED) is 0.762. The van der Waals surface area contributed by atoms with Crippen molar-refractivity contribution in [3.05, 3.63) is 16.2 Å². The number of hydrogen-bond acceptors (Lipinski definition) is 4. The number of thiophene rings is 1. The van der Waals surface area contributed by atoms with Crippen molar-refractivity contribution < 1.29 is 0 Å². The fourth-order valence-corrected chi connectivity index (χ4v) is 2.49. The minimum Gasteiger partial charge on any atom is -0.383 e. The van der Waals surface area contributed by atoms with E-state index in [1.165, 1.54) is 4.88 Å². The van der Waals surface area contributed by atoms with Crippen molar-refractivity contribution in [3.63, 3.8) is 0 Å². The third kappa shape index (κ3) is 1.55. The molecule has 0 spiro atoms. The van der Waals surface area contributed by atoms with E-state index in [0.717, 1.165) is 10.2 Å². The van der Waals surface area contributed by atoms with Gasteiger partial charge in [-0.1, -0.05) is 13.8 Å². The van der Waals surface area contributed by atoms with Gasteiger partial charge in [0.15, 0.2) is 0 Å². The number of anilines is 1. The Morgan fingerprint density at radius 2 is 2.14 bits per heavy atom. The van der Waals surface area contributed by atoms with E-state index in [9.17, 15) is 0 Å². The van der Waals surface area contributed by atoms with Gasteiger partial charge in [-0.25, -0.2) is 9.97 Å². The fourth-order valence-electron chi connectivity index (χ4n) is 1.22. The smallest absolute Gasteiger partial charge is 0.225 e. The minimum atomic E-state index is 0.215. The van der Waals surface area contributed by atoms with E-state index in [4.69, 9.17) is 17.3 Å². The second-order valence-corrected chi connectivity index (χ2v) is 4.80. The summed E-state index contributed by atoms with van der Waals surface area (Å²) in [6.07, 6.45) is 0. The van der Waals surface area contributed by atoms with Crippen molar-refractivity contribution in [1.82, 2.24) is 9.97 Å². The maximum absolute atomic E-state index is 5.74. The first-order chi connectivity index (χ1) is 6.58. The predicted molar refractivity (Wildman–Crippen MR) is 60.9 cm³/mol. The summed E-state index contributed by atoms with van der Waals surface area (Å²) in [6, 6.07) is 2.04. The predicted octanol–water partition coefficient (Wildman–Crippen LogP) is 3.05. The summed E-state index contributed by atoms with van der Waals surface area (Å²) in [5.74, 6) is 0.940. The van der Waals surface area contributed by atoms with Gasteiger partial charge in [0.2, 0.25) is 5.28 Å². The molecular formula is C9H10ClN3S. The van der Waals surface area contributed by atoms with Crippen LogP contribution in [-0.4, -0.2) is 9.97 Å². The van der Waals surface area contributed by atoms with Crippen molar-refractivity contribution >= 4 is 39.0 Å². The lowest BCUT2D eigenvalue weighted by atomic mass is 10.2. The van der Waals surface area contributed by atoms with Gasteiger partial charge in [0.25, 0.3) is 0 Å². The van der Waals surface area contributed by atoms with E-state index in [2.05, 4.69) is 23.8 Å². The number of halogens is 1. The molecule has 0 saturated heterocycles. The zero-order valence-electron chi connectivity index (χ0n) is 7.91. The molecule has 2 heterocycles. The molecule has 0 amide bonds. The fraction of sp³-hybridized carbons (Fsp3) is 0.333. The molecule has 0 bridgehead atoms. The molecule has 0 aliphatic heterocycles. The molecule has 5 heteroatoms. The Morgan fingerprint density at radius 3 is 2.79 bits per heavy atom. The molecule has 0 aliphatic carbocycles. The van der Waals surface area contributed by atoms with Gasteiger partial charge >= 0.3 is 0 Å². The molecular weight excluding hydrogens is 218 g/mol. The molecule has 3 nitrogen and oxygen atoms in total. The summed E-state index contributed by atoms with van der Waals surface area (Å²) in [6.45, 7) is 4.27. The minimum absolute atomic E-state index is 0.215. The van der Waals surface area contributed by atoms with E-state index in [0.29, 0.717) is 11.7 Å². The van der Waals surface area contributed by atoms with Crippen LogP contribution in [0.4, 0.5) is 5.82 Å². The second-order valence-electron chi connectivity index (χ2n) is 3.40. The number of nitrogen functional groups attached to an aromatic ring is 1. The Kier molecular flexibility index (Phi) is 2.33. The number of hydrogen-bond donors (Lipinski definition) is 1. The topological polar surface area (TPSA) is 51.8 Å². The van der Waals surface area contributed by atoms with Crippen LogP contribution in [0.5, 0.6) is 0 Å². The Labute approximate surface area is 90.9 Å². The summed E-state index contributed by atoms with van der Waals surface area (Å²) in [5.41, 5.74) is 5.74. The second kappa shape index (κ2) is 3.37. The molecule has 0 fully saturated rings. The van der Waals surface area contributed by atoms with Crippen LogP contribution in [0.15, 0.2) is 6.07 Å². The summed E-state index contributed by atoms with van der Waals surface area (Å²) >= 11 is 7.34. The lowest BCUT2D eigenvalue weighted by Crippen LogP contribution is -1.92. The largest absolute Gasteiger partial charge is 0.383 e.